The highest BCUT2D eigenvalue weighted by Crippen LogP contribution is 2.26. The second-order valence-electron chi connectivity index (χ2n) is 5.96. The summed E-state index contributed by atoms with van der Waals surface area (Å²) in [7, 11) is 0. The molecule has 0 radical (unpaired) electrons. The van der Waals surface area contributed by atoms with Crippen LogP contribution >= 0.6 is 0 Å². The van der Waals surface area contributed by atoms with Crippen molar-refractivity contribution < 1.29 is 0 Å². The summed E-state index contributed by atoms with van der Waals surface area (Å²) in [6.45, 7) is 9.15. The summed E-state index contributed by atoms with van der Waals surface area (Å²) in [5.41, 5.74) is 6.48. The summed E-state index contributed by atoms with van der Waals surface area (Å²) in [6, 6.07) is 0.329. The molecule has 0 rings (SSSR count). The third-order valence-corrected chi connectivity index (χ3v) is 2.56. The molecule has 0 heterocycles. The second-order valence-corrected chi connectivity index (χ2v) is 5.96. The van der Waals surface area contributed by atoms with Crippen LogP contribution in [0.2, 0.25) is 0 Å². The quantitative estimate of drug-likeness (QED) is 0.525. The first-order chi connectivity index (χ1) is 6.85. The van der Waals surface area contributed by atoms with Crippen molar-refractivity contribution in [2.75, 3.05) is 0 Å². The Kier molecular flexibility index (Phi) is 6.68. The van der Waals surface area contributed by atoms with E-state index in [2.05, 4.69) is 33.6 Å². The van der Waals surface area contributed by atoms with Crippen molar-refractivity contribution >= 4 is 0 Å². The van der Waals surface area contributed by atoms with Crippen molar-refractivity contribution in [3.63, 3.8) is 0 Å². The Hall–Kier alpha value is -0.480. The van der Waals surface area contributed by atoms with Gasteiger partial charge in [0.05, 0.1) is 0 Å². The Morgan fingerprint density at radius 3 is 2.40 bits per heavy atom. The van der Waals surface area contributed by atoms with Gasteiger partial charge in [0.15, 0.2) is 0 Å². The molecule has 0 aromatic carbocycles. The van der Waals surface area contributed by atoms with Crippen LogP contribution in [0, 0.1) is 23.7 Å². The van der Waals surface area contributed by atoms with E-state index in [0.29, 0.717) is 17.4 Å². The smallest absolute Gasteiger partial charge is 0.00866 e. The summed E-state index contributed by atoms with van der Waals surface area (Å²) < 4.78 is 0. The van der Waals surface area contributed by atoms with Gasteiger partial charge in [0.25, 0.3) is 0 Å². The number of terminal acetylenes is 1. The first kappa shape index (κ1) is 14.5. The maximum Gasteiger partial charge on any atom is 0.00866 e. The van der Waals surface area contributed by atoms with Crippen LogP contribution in [-0.4, -0.2) is 6.04 Å². The molecule has 2 unspecified atom stereocenters. The molecule has 1 nitrogen and oxygen atoms in total. The van der Waals surface area contributed by atoms with Gasteiger partial charge in [-0.05, 0) is 37.0 Å². The lowest BCUT2D eigenvalue weighted by molar-refractivity contribution is 0.282. The molecule has 0 aromatic rings. The molecule has 0 bridgehead atoms. The molecule has 0 spiro atoms. The summed E-state index contributed by atoms with van der Waals surface area (Å²) in [4.78, 5) is 0. The Balaban J connectivity index is 3.67. The van der Waals surface area contributed by atoms with Crippen LogP contribution in [0.5, 0.6) is 0 Å². The van der Waals surface area contributed by atoms with Crippen LogP contribution in [0.3, 0.4) is 0 Å². The molecule has 0 fully saturated rings. The van der Waals surface area contributed by atoms with Crippen molar-refractivity contribution in [3.05, 3.63) is 0 Å². The van der Waals surface area contributed by atoms with Gasteiger partial charge >= 0.3 is 0 Å². The van der Waals surface area contributed by atoms with Crippen LogP contribution in [0.1, 0.15) is 59.8 Å². The number of nitrogens with two attached hydrogens (primary N) is 1. The van der Waals surface area contributed by atoms with E-state index >= 15 is 0 Å². The lowest BCUT2D eigenvalue weighted by Crippen LogP contribution is -2.24. The Morgan fingerprint density at radius 2 is 1.93 bits per heavy atom. The van der Waals surface area contributed by atoms with Crippen LogP contribution in [0.25, 0.3) is 0 Å². The topological polar surface area (TPSA) is 26.0 Å². The largest absolute Gasteiger partial charge is 0.328 e. The fourth-order valence-electron chi connectivity index (χ4n) is 2.23. The molecule has 0 aliphatic carbocycles. The van der Waals surface area contributed by atoms with E-state index in [1.54, 1.807) is 0 Å². The first-order valence-corrected chi connectivity index (χ1v) is 6.04. The van der Waals surface area contributed by atoms with Crippen molar-refractivity contribution in [1.29, 1.82) is 0 Å². The minimum absolute atomic E-state index is 0.329. The molecule has 2 atom stereocenters. The van der Waals surface area contributed by atoms with Crippen molar-refractivity contribution in [2.45, 2.75) is 65.8 Å². The average molecular weight is 209 g/mol. The summed E-state index contributed by atoms with van der Waals surface area (Å²) >= 11 is 0. The molecule has 0 aliphatic rings. The minimum Gasteiger partial charge on any atom is -0.328 e. The Labute approximate surface area is 95.8 Å². The van der Waals surface area contributed by atoms with E-state index in [0.717, 1.165) is 25.7 Å². The third kappa shape index (κ3) is 9.82. The van der Waals surface area contributed by atoms with Gasteiger partial charge < -0.3 is 5.73 Å². The van der Waals surface area contributed by atoms with Crippen molar-refractivity contribution in [2.24, 2.45) is 17.1 Å². The van der Waals surface area contributed by atoms with E-state index in [-0.39, 0.29) is 0 Å². The van der Waals surface area contributed by atoms with Gasteiger partial charge in [-0.1, -0.05) is 27.7 Å². The lowest BCUT2D eigenvalue weighted by Gasteiger charge is -2.25. The molecular weight excluding hydrogens is 182 g/mol. The van der Waals surface area contributed by atoms with Crippen LogP contribution in [-0.2, 0) is 0 Å². The molecule has 0 saturated heterocycles. The van der Waals surface area contributed by atoms with Gasteiger partial charge in [0.2, 0.25) is 0 Å². The van der Waals surface area contributed by atoms with E-state index in [1.807, 2.05) is 0 Å². The molecule has 0 amide bonds. The highest BCUT2D eigenvalue weighted by Gasteiger charge is 2.17. The highest BCUT2D eigenvalue weighted by atomic mass is 14.6. The standard InChI is InChI=1S/C14H27N/c1-6-7-8-9-13(15)10-12(2)11-14(3,4)5/h1,12-13H,7-11,15H2,2-5H3. The SMILES string of the molecule is C#CCCCC(N)CC(C)CC(C)(C)C. The molecule has 1 heteroatoms. The summed E-state index contributed by atoms with van der Waals surface area (Å²) in [6.07, 6.45) is 10.6. The predicted molar refractivity (Wildman–Crippen MR) is 68.5 cm³/mol. The lowest BCUT2D eigenvalue weighted by atomic mass is 9.82. The molecule has 88 valence electrons. The van der Waals surface area contributed by atoms with Crippen LogP contribution in [0.15, 0.2) is 0 Å². The molecular formula is C14H27N. The Bertz CT molecular complexity index is 194. The summed E-state index contributed by atoms with van der Waals surface area (Å²) in [5.74, 6) is 3.37. The number of unbranched alkanes of at least 4 members (excludes halogenated alkanes) is 1. The second kappa shape index (κ2) is 6.90. The van der Waals surface area contributed by atoms with Crippen LogP contribution < -0.4 is 5.73 Å². The van der Waals surface area contributed by atoms with Gasteiger partial charge in [0.1, 0.15) is 0 Å². The average Bonchev–Trinajstić information content (AvgIpc) is 2.00. The molecule has 0 aliphatic heterocycles. The predicted octanol–water partition coefficient (Wildman–Crippen LogP) is 3.58. The number of hydrogen-bond donors (Lipinski definition) is 1. The fourth-order valence-corrected chi connectivity index (χ4v) is 2.23. The van der Waals surface area contributed by atoms with E-state index in [1.165, 1.54) is 6.42 Å². The molecule has 0 aromatic heterocycles. The normalized spacial score (nSPS) is 15.7. The zero-order chi connectivity index (χ0) is 11.9. The van der Waals surface area contributed by atoms with E-state index in [9.17, 15) is 0 Å². The number of rotatable bonds is 6. The van der Waals surface area contributed by atoms with E-state index < -0.39 is 0 Å². The Morgan fingerprint density at radius 1 is 1.33 bits per heavy atom. The van der Waals surface area contributed by atoms with Gasteiger partial charge in [-0.2, -0.15) is 0 Å². The van der Waals surface area contributed by atoms with Gasteiger partial charge in [-0.25, -0.2) is 0 Å². The highest BCUT2D eigenvalue weighted by molar-refractivity contribution is 4.83. The fraction of sp³-hybridized carbons (Fsp3) is 0.857. The number of hydrogen-bond acceptors (Lipinski definition) is 1. The van der Waals surface area contributed by atoms with Gasteiger partial charge in [-0.3, -0.25) is 0 Å². The summed E-state index contributed by atoms with van der Waals surface area (Å²) in [5, 5.41) is 0. The van der Waals surface area contributed by atoms with Gasteiger partial charge in [0, 0.05) is 12.5 Å². The first-order valence-electron chi connectivity index (χ1n) is 6.04. The maximum atomic E-state index is 6.07. The third-order valence-electron chi connectivity index (χ3n) is 2.56. The van der Waals surface area contributed by atoms with E-state index in [4.69, 9.17) is 12.2 Å². The zero-order valence-electron chi connectivity index (χ0n) is 10.8. The van der Waals surface area contributed by atoms with Crippen LogP contribution in [0.4, 0.5) is 0 Å². The molecule has 0 saturated carbocycles. The van der Waals surface area contributed by atoms with Crippen molar-refractivity contribution in [3.8, 4) is 12.3 Å². The van der Waals surface area contributed by atoms with Gasteiger partial charge in [-0.15, -0.1) is 12.3 Å². The monoisotopic (exact) mass is 209 g/mol. The van der Waals surface area contributed by atoms with Crippen molar-refractivity contribution in [1.82, 2.24) is 0 Å². The molecule has 15 heavy (non-hydrogen) atoms. The minimum atomic E-state index is 0.329. The zero-order valence-corrected chi connectivity index (χ0v) is 10.8. The molecule has 2 N–H and O–H groups in total. The maximum absolute atomic E-state index is 6.07.